The molecule has 0 fully saturated rings. The van der Waals surface area contributed by atoms with Gasteiger partial charge in [0.15, 0.2) is 0 Å². The van der Waals surface area contributed by atoms with Gasteiger partial charge in [0.2, 0.25) is 0 Å². The van der Waals surface area contributed by atoms with Crippen LogP contribution >= 0.6 is 23.7 Å². The molecule has 0 unspecified atom stereocenters. The van der Waals surface area contributed by atoms with E-state index in [9.17, 15) is 0 Å². The molecule has 1 heterocycles. The third kappa shape index (κ3) is 4.10. The molecule has 1 aromatic heterocycles. The largest absolute Gasteiger partial charge is 0.381 e. The van der Waals surface area contributed by atoms with Crippen LogP contribution in [0.5, 0.6) is 0 Å². The van der Waals surface area contributed by atoms with Crippen molar-refractivity contribution in [3.05, 3.63) is 88.1 Å². The zero-order chi connectivity index (χ0) is 14.5. The number of nitrogens with two attached hydrogens (primary N) is 1. The van der Waals surface area contributed by atoms with Crippen molar-refractivity contribution in [3.63, 3.8) is 0 Å². The number of thiophene rings is 1. The first-order chi connectivity index (χ1) is 10.3. The van der Waals surface area contributed by atoms with E-state index in [1.807, 2.05) is 12.1 Å². The van der Waals surface area contributed by atoms with Gasteiger partial charge in [-0.15, -0.1) is 23.7 Å². The molecule has 0 aliphatic rings. The number of anilines is 1. The molecular weight excluding hydrogens is 312 g/mol. The van der Waals surface area contributed by atoms with E-state index in [4.69, 9.17) is 5.73 Å². The summed E-state index contributed by atoms with van der Waals surface area (Å²) in [6.07, 6.45) is 0. The van der Waals surface area contributed by atoms with Crippen molar-refractivity contribution in [3.8, 4) is 0 Å². The Hall–Kier alpha value is -1.81. The van der Waals surface area contributed by atoms with Gasteiger partial charge in [-0.2, -0.15) is 0 Å². The van der Waals surface area contributed by atoms with Gasteiger partial charge in [-0.3, -0.25) is 0 Å². The number of hydrogen-bond donors (Lipinski definition) is 2. The number of nitrogens with one attached hydrogen (secondary N) is 1. The summed E-state index contributed by atoms with van der Waals surface area (Å²) in [4.78, 5) is 1.19. The molecule has 114 valence electrons. The maximum atomic E-state index is 6.27. The molecule has 2 aromatic carbocycles. The average molecular weight is 331 g/mol. The topological polar surface area (TPSA) is 38.0 Å². The molecule has 4 heteroatoms. The maximum absolute atomic E-state index is 6.27. The Morgan fingerprint density at radius 2 is 1.64 bits per heavy atom. The van der Waals surface area contributed by atoms with E-state index < -0.39 is 0 Å². The standard InChI is InChI=1S/C18H18N2S.ClH/c19-18(17-7-4-12-21-17)15-8-10-16(11-9-15)20-13-14-5-2-1-3-6-14;/h1-12,18,20H,13,19H2;1H/t18-;/m1./s1. The van der Waals surface area contributed by atoms with E-state index in [-0.39, 0.29) is 18.4 Å². The summed E-state index contributed by atoms with van der Waals surface area (Å²) < 4.78 is 0. The lowest BCUT2D eigenvalue weighted by atomic mass is 10.1. The Kier molecular flexibility index (Phi) is 6.01. The first-order valence-corrected chi connectivity index (χ1v) is 7.87. The van der Waals surface area contributed by atoms with E-state index in [0.717, 1.165) is 17.8 Å². The minimum atomic E-state index is -0.0341. The Labute approximate surface area is 141 Å². The van der Waals surface area contributed by atoms with Crippen LogP contribution in [0.4, 0.5) is 5.69 Å². The van der Waals surface area contributed by atoms with Crippen LogP contribution in [-0.4, -0.2) is 0 Å². The van der Waals surface area contributed by atoms with Gasteiger partial charge in [0.25, 0.3) is 0 Å². The highest BCUT2D eigenvalue weighted by molar-refractivity contribution is 7.10. The average Bonchev–Trinajstić information content (AvgIpc) is 3.08. The first kappa shape index (κ1) is 16.6. The third-order valence-electron chi connectivity index (χ3n) is 3.46. The predicted molar refractivity (Wildman–Crippen MR) is 97.8 cm³/mol. The van der Waals surface area contributed by atoms with Gasteiger partial charge in [0.05, 0.1) is 6.04 Å². The Bertz CT molecular complexity index is 666. The number of rotatable bonds is 5. The lowest BCUT2D eigenvalue weighted by molar-refractivity contribution is 0.893. The molecule has 1 atom stereocenters. The van der Waals surface area contributed by atoms with Gasteiger partial charge in [-0.1, -0.05) is 48.5 Å². The molecule has 0 radical (unpaired) electrons. The van der Waals surface area contributed by atoms with E-state index in [1.165, 1.54) is 10.4 Å². The maximum Gasteiger partial charge on any atom is 0.0646 e. The van der Waals surface area contributed by atoms with Gasteiger partial charge in [0.1, 0.15) is 0 Å². The Morgan fingerprint density at radius 3 is 2.27 bits per heavy atom. The number of halogens is 1. The second-order valence-electron chi connectivity index (χ2n) is 4.95. The monoisotopic (exact) mass is 330 g/mol. The summed E-state index contributed by atoms with van der Waals surface area (Å²) in [7, 11) is 0. The molecule has 0 saturated carbocycles. The lowest BCUT2D eigenvalue weighted by Crippen LogP contribution is -2.10. The van der Waals surface area contributed by atoms with Crippen LogP contribution in [0.15, 0.2) is 72.1 Å². The first-order valence-electron chi connectivity index (χ1n) is 7.00. The fourth-order valence-electron chi connectivity index (χ4n) is 2.24. The van der Waals surface area contributed by atoms with Crippen LogP contribution < -0.4 is 11.1 Å². The fraction of sp³-hybridized carbons (Fsp3) is 0.111. The van der Waals surface area contributed by atoms with E-state index in [0.29, 0.717) is 0 Å². The second-order valence-corrected chi connectivity index (χ2v) is 5.93. The van der Waals surface area contributed by atoms with Crippen LogP contribution in [0.1, 0.15) is 22.0 Å². The molecular formula is C18H19ClN2S. The van der Waals surface area contributed by atoms with Crippen LogP contribution in [0.3, 0.4) is 0 Å². The normalized spacial score (nSPS) is 11.5. The Balaban J connectivity index is 0.00000176. The molecule has 3 aromatic rings. The van der Waals surface area contributed by atoms with Crippen molar-refractivity contribution in [2.75, 3.05) is 5.32 Å². The fourth-order valence-corrected chi connectivity index (χ4v) is 2.99. The Morgan fingerprint density at radius 1 is 0.909 bits per heavy atom. The van der Waals surface area contributed by atoms with E-state index in [1.54, 1.807) is 11.3 Å². The van der Waals surface area contributed by atoms with Gasteiger partial charge < -0.3 is 11.1 Å². The molecule has 2 nitrogen and oxygen atoms in total. The lowest BCUT2D eigenvalue weighted by Gasteiger charge is -2.12. The number of hydrogen-bond acceptors (Lipinski definition) is 3. The molecule has 3 rings (SSSR count). The van der Waals surface area contributed by atoms with Crippen molar-refractivity contribution in [2.45, 2.75) is 12.6 Å². The summed E-state index contributed by atoms with van der Waals surface area (Å²) in [5.41, 5.74) is 9.79. The molecule has 22 heavy (non-hydrogen) atoms. The summed E-state index contributed by atoms with van der Waals surface area (Å²) in [6, 6.07) is 22.8. The van der Waals surface area contributed by atoms with Gasteiger partial charge in [-0.25, -0.2) is 0 Å². The summed E-state index contributed by atoms with van der Waals surface area (Å²) in [5.74, 6) is 0. The minimum absolute atomic E-state index is 0. The van der Waals surface area contributed by atoms with Crippen molar-refractivity contribution in [1.82, 2.24) is 0 Å². The molecule has 0 aliphatic heterocycles. The molecule has 3 N–H and O–H groups in total. The third-order valence-corrected chi connectivity index (χ3v) is 4.41. The highest BCUT2D eigenvalue weighted by Gasteiger charge is 2.09. The van der Waals surface area contributed by atoms with Gasteiger partial charge in [0, 0.05) is 17.1 Å². The summed E-state index contributed by atoms with van der Waals surface area (Å²) >= 11 is 1.70. The summed E-state index contributed by atoms with van der Waals surface area (Å²) in [5, 5.41) is 5.48. The van der Waals surface area contributed by atoms with Gasteiger partial charge >= 0.3 is 0 Å². The SMILES string of the molecule is Cl.N[C@H](c1ccc(NCc2ccccc2)cc1)c1cccs1. The van der Waals surface area contributed by atoms with Crippen LogP contribution in [0, 0.1) is 0 Å². The van der Waals surface area contributed by atoms with Crippen LogP contribution in [0.2, 0.25) is 0 Å². The van der Waals surface area contributed by atoms with Gasteiger partial charge in [-0.05, 0) is 34.7 Å². The van der Waals surface area contributed by atoms with Crippen molar-refractivity contribution in [1.29, 1.82) is 0 Å². The predicted octanol–water partition coefficient (Wildman–Crippen LogP) is 4.83. The van der Waals surface area contributed by atoms with Crippen LogP contribution in [0.25, 0.3) is 0 Å². The molecule has 0 spiro atoms. The zero-order valence-corrected chi connectivity index (χ0v) is 13.7. The second kappa shape index (κ2) is 7.99. The molecule has 0 amide bonds. The van der Waals surface area contributed by atoms with Crippen LogP contribution in [-0.2, 0) is 6.54 Å². The molecule has 0 aliphatic carbocycles. The minimum Gasteiger partial charge on any atom is -0.381 e. The smallest absolute Gasteiger partial charge is 0.0646 e. The van der Waals surface area contributed by atoms with Crippen molar-refractivity contribution >= 4 is 29.4 Å². The highest BCUT2D eigenvalue weighted by atomic mass is 35.5. The van der Waals surface area contributed by atoms with Crippen molar-refractivity contribution in [2.24, 2.45) is 5.73 Å². The molecule has 0 saturated heterocycles. The summed E-state index contributed by atoms with van der Waals surface area (Å²) in [6.45, 7) is 0.831. The highest BCUT2D eigenvalue weighted by Crippen LogP contribution is 2.24. The number of benzene rings is 2. The molecule has 0 bridgehead atoms. The van der Waals surface area contributed by atoms with Crippen molar-refractivity contribution < 1.29 is 0 Å². The van der Waals surface area contributed by atoms with E-state index >= 15 is 0 Å². The van der Waals surface area contributed by atoms with E-state index in [2.05, 4.69) is 65.3 Å². The zero-order valence-electron chi connectivity index (χ0n) is 12.1. The quantitative estimate of drug-likeness (QED) is 0.703.